The molecule has 0 bridgehead atoms. The quantitative estimate of drug-likeness (QED) is 0.319. The lowest BCUT2D eigenvalue weighted by atomic mass is 10.1. The number of rotatable bonds is 8. The minimum absolute atomic E-state index is 0.000623. The number of nitro groups is 1. The first-order valence-electron chi connectivity index (χ1n) is 8.35. The fourth-order valence-corrected chi connectivity index (χ4v) is 2.84. The number of hydrogen-bond donors (Lipinski definition) is 1. The van der Waals surface area contributed by atoms with Crippen LogP contribution in [0.3, 0.4) is 0 Å². The Morgan fingerprint density at radius 1 is 1.15 bits per heavy atom. The van der Waals surface area contributed by atoms with E-state index in [1.54, 1.807) is 24.3 Å². The molecule has 0 heterocycles. The highest BCUT2D eigenvalue weighted by molar-refractivity contribution is 8.00. The van der Waals surface area contributed by atoms with Gasteiger partial charge in [-0.05, 0) is 43.2 Å². The van der Waals surface area contributed by atoms with Crippen molar-refractivity contribution in [1.82, 2.24) is 0 Å². The number of carbonyl (C=O) groups is 2. The molecule has 27 heavy (non-hydrogen) atoms. The largest absolute Gasteiger partial charge is 0.452 e. The lowest BCUT2D eigenvalue weighted by Crippen LogP contribution is -2.30. The first kappa shape index (κ1) is 20.4. The molecule has 2 aromatic rings. The van der Waals surface area contributed by atoms with Crippen LogP contribution in [0.2, 0.25) is 0 Å². The predicted octanol–water partition coefficient (Wildman–Crippen LogP) is 3.82. The van der Waals surface area contributed by atoms with E-state index in [1.165, 1.54) is 30.8 Å². The Kier molecular flexibility index (Phi) is 7.36. The van der Waals surface area contributed by atoms with Crippen LogP contribution in [0.1, 0.15) is 19.4 Å². The van der Waals surface area contributed by atoms with E-state index in [9.17, 15) is 19.7 Å². The normalized spacial score (nSPS) is 11.5. The Morgan fingerprint density at radius 2 is 1.78 bits per heavy atom. The zero-order valence-corrected chi connectivity index (χ0v) is 15.8. The van der Waals surface area contributed by atoms with E-state index in [-0.39, 0.29) is 11.4 Å². The summed E-state index contributed by atoms with van der Waals surface area (Å²) in [7, 11) is 0. The molecule has 2 rings (SSSR count). The highest BCUT2D eigenvalue weighted by atomic mass is 32.2. The van der Waals surface area contributed by atoms with Crippen LogP contribution < -0.4 is 5.32 Å². The molecule has 0 aliphatic carbocycles. The number of benzene rings is 2. The Bertz CT molecular complexity index is 806. The van der Waals surface area contributed by atoms with Gasteiger partial charge in [0.25, 0.3) is 11.6 Å². The molecule has 142 valence electrons. The summed E-state index contributed by atoms with van der Waals surface area (Å²) >= 11 is 1.18. The van der Waals surface area contributed by atoms with Gasteiger partial charge in [-0.25, -0.2) is 0 Å². The summed E-state index contributed by atoms with van der Waals surface area (Å²) in [4.78, 5) is 34.9. The van der Waals surface area contributed by atoms with Crippen LogP contribution >= 0.6 is 11.8 Å². The maximum atomic E-state index is 12.1. The Morgan fingerprint density at radius 3 is 2.33 bits per heavy atom. The predicted molar refractivity (Wildman–Crippen MR) is 104 cm³/mol. The SMILES string of the molecule is CCc1ccc(NC(=O)[C@H](C)OC(=O)CSc2ccc([N+](=O)[O-])cc2)cc1. The summed E-state index contributed by atoms with van der Waals surface area (Å²) in [6, 6.07) is 13.3. The van der Waals surface area contributed by atoms with Gasteiger partial charge in [-0.2, -0.15) is 0 Å². The second kappa shape index (κ2) is 9.72. The zero-order valence-electron chi connectivity index (χ0n) is 15.0. The van der Waals surface area contributed by atoms with Crippen LogP contribution in [0.25, 0.3) is 0 Å². The van der Waals surface area contributed by atoms with Gasteiger partial charge in [0.05, 0.1) is 10.7 Å². The van der Waals surface area contributed by atoms with Gasteiger partial charge >= 0.3 is 5.97 Å². The third kappa shape index (κ3) is 6.41. The number of nitrogens with one attached hydrogen (secondary N) is 1. The number of thioether (sulfide) groups is 1. The van der Waals surface area contributed by atoms with Crippen molar-refractivity contribution < 1.29 is 19.2 Å². The Hall–Kier alpha value is -2.87. The second-order valence-corrected chi connectivity index (χ2v) is 6.76. The van der Waals surface area contributed by atoms with Gasteiger partial charge in [-0.1, -0.05) is 19.1 Å². The smallest absolute Gasteiger partial charge is 0.317 e. The van der Waals surface area contributed by atoms with Gasteiger partial charge < -0.3 is 10.1 Å². The summed E-state index contributed by atoms with van der Waals surface area (Å²) < 4.78 is 5.13. The maximum Gasteiger partial charge on any atom is 0.317 e. The molecule has 1 N–H and O–H groups in total. The lowest BCUT2D eigenvalue weighted by Gasteiger charge is -2.13. The molecule has 0 saturated carbocycles. The van der Waals surface area contributed by atoms with Gasteiger partial charge in [0.1, 0.15) is 0 Å². The minimum atomic E-state index is -0.930. The molecule has 7 nitrogen and oxygen atoms in total. The number of nitrogens with zero attached hydrogens (tertiary/aromatic N) is 1. The number of amides is 1. The number of hydrogen-bond acceptors (Lipinski definition) is 6. The Balaban J connectivity index is 1.79. The monoisotopic (exact) mass is 388 g/mol. The van der Waals surface area contributed by atoms with Crippen molar-refractivity contribution >= 4 is 35.0 Å². The third-order valence-electron chi connectivity index (χ3n) is 3.71. The van der Waals surface area contributed by atoms with E-state index >= 15 is 0 Å². The molecule has 0 saturated heterocycles. The first-order chi connectivity index (χ1) is 12.9. The summed E-state index contributed by atoms with van der Waals surface area (Å²) in [6.07, 6.45) is -0.0184. The van der Waals surface area contributed by atoms with Crippen LogP contribution in [-0.2, 0) is 20.7 Å². The fourth-order valence-electron chi connectivity index (χ4n) is 2.16. The Labute approximate surface area is 161 Å². The average molecular weight is 388 g/mol. The van der Waals surface area contributed by atoms with Gasteiger partial charge in [0, 0.05) is 22.7 Å². The first-order valence-corrected chi connectivity index (χ1v) is 9.34. The van der Waals surface area contributed by atoms with Crippen molar-refractivity contribution in [3.05, 3.63) is 64.2 Å². The van der Waals surface area contributed by atoms with Gasteiger partial charge in [0.2, 0.25) is 0 Å². The van der Waals surface area contributed by atoms with E-state index in [4.69, 9.17) is 4.74 Å². The molecule has 0 spiro atoms. The number of non-ortho nitro benzene ring substituents is 1. The number of aryl methyl sites for hydroxylation is 1. The van der Waals surface area contributed by atoms with E-state index < -0.39 is 22.9 Å². The molecule has 0 radical (unpaired) electrons. The van der Waals surface area contributed by atoms with E-state index in [0.717, 1.165) is 12.0 Å². The number of ether oxygens (including phenoxy) is 1. The number of nitro benzene ring substituents is 1. The summed E-state index contributed by atoms with van der Waals surface area (Å²) in [5.41, 5.74) is 1.79. The van der Waals surface area contributed by atoms with E-state index in [0.29, 0.717) is 10.6 Å². The van der Waals surface area contributed by atoms with Crippen molar-refractivity contribution in [2.75, 3.05) is 11.1 Å². The van der Waals surface area contributed by atoms with Crippen LogP contribution in [0.4, 0.5) is 11.4 Å². The van der Waals surface area contributed by atoms with Crippen LogP contribution in [-0.4, -0.2) is 28.7 Å². The molecule has 1 atom stereocenters. The van der Waals surface area contributed by atoms with Crippen molar-refractivity contribution in [1.29, 1.82) is 0 Å². The molecule has 0 aromatic heterocycles. The minimum Gasteiger partial charge on any atom is -0.452 e. The van der Waals surface area contributed by atoms with Gasteiger partial charge in [-0.15, -0.1) is 11.8 Å². The van der Waals surface area contributed by atoms with Crippen molar-refractivity contribution in [2.24, 2.45) is 0 Å². The topological polar surface area (TPSA) is 98.5 Å². The number of anilines is 1. The van der Waals surface area contributed by atoms with Crippen molar-refractivity contribution in [3.63, 3.8) is 0 Å². The molecular formula is C19H20N2O5S. The van der Waals surface area contributed by atoms with Crippen LogP contribution in [0.5, 0.6) is 0 Å². The van der Waals surface area contributed by atoms with E-state index in [2.05, 4.69) is 5.32 Å². The molecule has 0 aliphatic rings. The number of carbonyl (C=O) groups excluding carboxylic acids is 2. The molecule has 1 amide bonds. The van der Waals surface area contributed by atoms with Gasteiger partial charge in [-0.3, -0.25) is 19.7 Å². The molecule has 8 heteroatoms. The fraction of sp³-hybridized carbons (Fsp3) is 0.263. The highest BCUT2D eigenvalue weighted by Crippen LogP contribution is 2.21. The molecular weight excluding hydrogens is 368 g/mol. The molecule has 0 fully saturated rings. The average Bonchev–Trinajstić information content (AvgIpc) is 2.67. The van der Waals surface area contributed by atoms with Crippen molar-refractivity contribution in [3.8, 4) is 0 Å². The van der Waals surface area contributed by atoms with Crippen LogP contribution in [0, 0.1) is 10.1 Å². The lowest BCUT2D eigenvalue weighted by molar-refractivity contribution is -0.384. The maximum absolute atomic E-state index is 12.1. The summed E-state index contributed by atoms with van der Waals surface area (Å²) in [5, 5.41) is 13.3. The number of esters is 1. The van der Waals surface area contributed by atoms with E-state index in [1.807, 2.05) is 19.1 Å². The molecule has 0 unspecified atom stereocenters. The third-order valence-corrected chi connectivity index (χ3v) is 4.70. The summed E-state index contributed by atoms with van der Waals surface area (Å²) in [6.45, 7) is 3.55. The zero-order chi connectivity index (χ0) is 19.8. The molecule has 2 aromatic carbocycles. The van der Waals surface area contributed by atoms with Crippen LogP contribution in [0.15, 0.2) is 53.4 Å². The van der Waals surface area contributed by atoms with Crippen molar-refractivity contribution in [2.45, 2.75) is 31.3 Å². The summed E-state index contributed by atoms with van der Waals surface area (Å²) in [5.74, 6) is -0.948. The standard InChI is InChI=1S/C19H20N2O5S/c1-3-14-4-6-15(7-5-14)20-19(23)13(2)26-18(22)12-27-17-10-8-16(9-11-17)21(24)25/h4-11,13H,3,12H2,1-2H3,(H,20,23)/t13-/m0/s1. The molecule has 0 aliphatic heterocycles. The van der Waals surface area contributed by atoms with Gasteiger partial charge in [0.15, 0.2) is 6.10 Å². The second-order valence-electron chi connectivity index (χ2n) is 5.71. The highest BCUT2D eigenvalue weighted by Gasteiger charge is 2.18.